The van der Waals surface area contributed by atoms with Crippen LogP contribution in [0, 0.1) is 5.82 Å². The zero-order valence-electron chi connectivity index (χ0n) is 11.7. The fraction of sp³-hybridized carbons (Fsp3) is 0.0667. The van der Waals surface area contributed by atoms with Crippen molar-refractivity contribution in [3.05, 3.63) is 71.2 Å². The van der Waals surface area contributed by atoms with E-state index in [4.69, 9.17) is 4.42 Å². The summed E-state index contributed by atoms with van der Waals surface area (Å²) in [5.41, 5.74) is 0.631. The lowest BCUT2D eigenvalue weighted by Crippen LogP contribution is -2.01. The summed E-state index contributed by atoms with van der Waals surface area (Å²) in [6.07, 6.45) is 2.42. The van der Waals surface area contributed by atoms with Gasteiger partial charge in [0.25, 0.3) is 0 Å². The first-order valence-electron chi connectivity index (χ1n) is 6.63. The molecule has 0 unspecified atom stereocenters. The van der Waals surface area contributed by atoms with Gasteiger partial charge in [0.2, 0.25) is 5.82 Å². The molecule has 0 saturated carbocycles. The average Bonchev–Trinajstić information content (AvgIpc) is 3.20. The lowest BCUT2D eigenvalue weighted by molar-refractivity contribution is 0.104. The minimum Gasteiger partial charge on any atom is -0.504 e. The van der Waals surface area contributed by atoms with Crippen LogP contribution in [0.25, 0.3) is 5.76 Å². The molecular formula is C15H11FN4O3. The summed E-state index contributed by atoms with van der Waals surface area (Å²) in [4.78, 5) is 12.2. The molecule has 7 nitrogen and oxygen atoms in total. The highest BCUT2D eigenvalue weighted by atomic mass is 19.1. The Labute approximate surface area is 129 Å². The number of H-pyrrole nitrogens is 1. The van der Waals surface area contributed by atoms with Crippen molar-refractivity contribution in [3.8, 4) is 0 Å². The number of hydrogen-bond acceptors (Lipinski definition) is 6. The summed E-state index contributed by atoms with van der Waals surface area (Å²) in [5.74, 6) is -1.11. The van der Waals surface area contributed by atoms with Gasteiger partial charge in [0.1, 0.15) is 11.6 Å². The molecule has 0 fully saturated rings. The summed E-state index contributed by atoms with van der Waals surface area (Å²) in [5, 5.41) is 22.3. The number of furan rings is 1. The molecule has 0 bridgehead atoms. The zero-order valence-corrected chi connectivity index (χ0v) is 11.7. The van der Waals surface area contributed by atoms with Gasteiger partial charge in [0.05, 0.1) is 11.8 Å². The molecule has 116 valence electrons. The van der Waals surface area contributed by atoms with E-state index in [9.17, 15) is 14.3 Å². The molecular weight excluding hydrogens is 303 g/mol. The van der Waals surface area contributed by atoms with Crippen LogP contribution in [0.15, 0.2) is 47.1 Å². The summed E-state index contributed by atoms with van der Waals surface area (Å²) >= 11 is 0. The van der Waals surface area contributed by atoms with Gasteiger partial charge >= 0.3 is 0 Å². The van der Waals surface area contributed by atoms with Crippen LogP contribution in [0.1, 0.15) is 27.5 Å². The number of tetrazole rings is 1. The topological polar surface area (TPSA) is 105 Å². The van der Waals surface area contributed by atoms with Gasteiger partial charge in [0.15, 0.2) is 11.5 Å². The van der Waals surface area contributed by atoms with Crippen molar-refractivity contribution in [1.29, 1.82) is 0 Å². The first kappa shape index (κ1) is 14.6. The highest BCUT2D eigenvalue weighted by Crippen LogP contribution is 2.19. The van der Waals surface area contributed by atoms with Crippen LogP contribution >= 0.6 is 0 Å². The molecule has 3 rings (SSSR count). The zero-order chi connectivity index (χ0) is 16.2. The average molecular weight is 314 g/mol. The van der Waals surface area contributed by atoms with E-state index in [2.05, 4.69) is 20.6 Å². The molecule has 2 aromatic heterocycles. The maximum Gasteiger partial charge on any atom is 0.239 e. The number of ketones is 1. The second-order valence-corrected chi connectivity index (χ2v) is 4.65. The van der Waals surface area contributed by atoms with Gasteiger partial charge in [-0.15, -0.1) is 10.2 Å². The Morgan fingerprint density at radius 3 is 2.91 bits per heavy atom. The predicted molar refractivity (Wildman–Crippen MR) is 77.0 cm³/mol. The van der Waals surface area contributed by atoms with Gasteiger partial charge in [-0.1, -0.05) is 18.2 Å². The van der Waals surface area contributed by atoms with Crippen LogP contribution < -0.4 is 0 Å². The Hall–Kier alpha value is -3.29. The largest absolute Gasteiger partial charge is 0.504 e. The molecule has 8 heteroatoms. The predicted octanol–water partition coefficient (Wildman–Crippen LogP) is 2.30. The van der Waals surface area contributed by atoms with E-state index in [0.717, 1.165) is 6.08 Å². The first-order valence-corrected chi connectivity index (χ1v) is 6.63. The number of allylic oxidation sites excluding steroid dienone is 1. The molecule has 0 radical (unpaired) electrons. The number of carbonyl (C=O) groups excluding carboxylic acids is 1. The molecule has 2 heterocycles. The molecule has 0 aliphatic rings. The number of rotatable bonds is 5. The van der Waals surface area contributed by atoms with Crippen molar-refractivity contribution in [3.63, 3.8) is 0 Å². The van der Waals surface area contributed by atoms with E-state index in [1.165, 1.54) is 18.4 Å². The molecule has 3 aromatic rings. The van der Waals surface area contributed by atoms with E-state index in [1.54, 1.807) is 18.2 Å². The molecule has 0 saturated heterocycles. The number of aromatic amines is 1. The third-order valence-corrected chi connectivity index (χ3v) is 3.16. The van der Waals surface area contributed by atoms with Crippen LogP contribution in [-0.4, -0.2) is 31.5 Å². The molecule has 2 N–H and O–H groups in total. The van der Waals surface area contributed by atoms with Gasteiger partial charge in [-0.3, -0.25) is 4.79 Å². The first-order chi connectivity index (χ1) is 11.1. The van der Waals surface area contributed by atoms with E-state index in [1.807, 2.05) is 0 Å². The Morgan fingerprint density at radius 1 is 1.35 bits per heavy atom. The van der Waals surface area contributed by atoms with Gasteiger partial charge in [-0.05, 0) is 22.9 Å². The lowest BCUT2D eigenvalue weighted by atomic mass is 10.0. The minimum absolute atomic E-state index is 0.0995. The number of aromatic nitrogens is 4. The van der Waals surface area contributed by atoms with E-state index >= 15 is 0 Å². The number of carbonyl (C=O) groups is 1. The van der Waals surface area contributed by atoms with E-state index in [-0.39, 0.29) is 23.6 Å². The maximum absolute atomic E-state index is 13.7. The van der Waals surface area contributed by atoms with Crippen molar-refractivity contribution in [2.45, 2.75) is 6.42 Å². The number of nitrogens with one attached hydrogen (secondary N) is 1. The molecule has 0 amide bonds. The molecule has 0 spiro atoms. The monoisotopic (exact) mass is 314 g/mol. The Balaban J connectivity index is 1.85. The Bertz CT molecular complexity index is 855. The van der Waals surface area contributed by atoms with Gasteiger partial charge < -0.3 is 9.52 Å². The van der Waals surface area contributed by atoms with Crippen LogP contribution in [0.5, 0.6) is 0 Å². The second kappa shape index (κ2) is 6.22. The Morgan fingerprint density at radius 2 is 2.17 bits per heavy atom. The molecule has 0 aliphatic carbocycles. The quantitative estimate of drug-likeness (QED) is 0.425. The smallest absolute Gasteiger partial charge is 0.239 e. The van der Waals surface area contributed by atoms with E-state index < -0.39 is 11.5 Å². The normalized spacial score (nSPS) is 11.6. The molecule has 23 heavy (non-hydrogen) atoms. The summed E-state index contributed by atoms with van der Waals surface area (Å²) < 4.78 is 19.0. The van der Waals surface area contributed by atoms with Crippen molar-refractivity contribution in [2.75, 3.05) is 0 Å². The van der Waals surface area contributed by atoms with Gasteiger partial charge in [-0.2, -0.15) is 5.21 Å². The number of hydrogen-bond donors (Lipinski definition) is 2. The van der Waals surface area contributed by atoms with Crippen LogP contribution in [0.2, 0.25) is 0 Å². The Kier molecular flexibility index (Phi) is 3.96. The minimum atomic E-state index is -0.507. The van der Waals surface area contributed by atoms with E-state index in [0.29, 0.717) is 11.3 Å². The van der Waals surface area contributed by atoms with Gasteiger partial charge in [0, 0.05) is 12.5 Å². The number of aliphatic hydroxyl groups excluding tert-OH is 1. The molecule has 0 aliphatic heterocycles. The fourth-order valence-corrected chi connectivity index (χ4v) is 2.05. The second-order valence-electron chi connectivity index (χ2n) is 4.65. The van der Waals surface area contributed by atoms with Crippen molar-refractivity contribution in [2.24, 2.45) is 0 Å². The molecule has 0 atom stereocenters. The number of benzene rings is 1. The lowest BCUT2D eigenvalue weighted by Gasteiger charge is -2.02. The SMILES string of the molecule is O=C(C=C(O)c1nn[nH]n1)c1ccoc1Cc1ccccc1F. The van der Waals surface area contributed by atoms with Crippen LogP contribution in [0.3, 0.4) is 0 Å². The summed E-state index contributed by atoms with van der Waals surface area (Å²) in [7, 11) is 0. The summed E-state index contributed by atoms with van der Waals surface area (Å²) in [6, 6.07) is 7.68. The fourth-order valence-electron chi connectivity index (χ4n) is 2.05. The number of halogens is 1. The highest BCUT2D eigenvalue weighted by molar-refractivity contribution is 6.08. The van der Waals surface area contributed by atoms with Gasteiger partial charge in [-0.25, -0.2) is 4.39 Å². The number of aliphatic hydroxyl groups is 1. The number of nitrogens with zero attached hydrogens (tertiary/aromatic N) is 3. The van der Waals surface area contributed by atoms with Crippen molar-refractivity contribution in [1.82, 2.24) is 20.6 Å². The highest BCUT2D eigenvalue weighted by Gasteiger charge is 2.17. The third-order valence-electron chi connectivity index (χ3n) is 3.16. The van der Waals surface area contributed by atoms with Crippen LogP contribution in [0.4, 0.5) is 4.39 Å². The molecule has 1 aromatic carbocycles. The maximum atomic E-state index is 13.7. The van der Waals surface area contributed by atoms with Crippen LogP contribution in [-0.2, 0) is 6.42 Å². The van der Waals surface area contributed by atoms with Crippen molar-refractivity contribution < 1.29 is 18.7 Å². The third kappa shape index (κ3) is 3.15. The van der Waals surface area contributed by atoms with Crippen molar-refractivity contribution >= 4 is 11.5 Å². The summed E-state index contributed by atoms with van der Waals surface area (Å²) in [6.45, 7) is 0. The standard InChI is InChI=1S/C15H11FN4O3/c16-11-4-2-1-3-9(11)7-14-10(5-6-23-14)12(21)8-13(22)15-17-19-20-18-15/h1-6,8,22H,7H2,(H,17,18,19,20).